The highest BCUT2D eigenvalue weighted by molar-refractivity contribution is 6.29. The van der Waals surface area contributed by atoms with E-state index in [1.165, 1.54) is 0 Å². The molecule has 1 aliphatic heterocycles. The van der Waals surface area contributed by atoms with E-state index in [4.69, 9.17) is 11.6 Å². The number of nitrogens with zero attached hydrogens (tertiary/aromatic N) is 2. The Labute approximate surface area is 130 Å². The Morgan fingerprint density at radius 3 is 3.00 bits per heavy atom. The standard InChI is InChI=1S/C15H22ClN3O2/c1-3-5-17-14-8-11(7-13(16)18-14)15(21)19-6-4-12(20)10(2)9-19/h7-8,10,12,20H,3-6,9H2,1-2H3,(H,17,18). The lowest BCUT2D eigenvalue weighted by Gasteiger charge is -2.34. The molecule has 0 aliphatic carbocycles. The van der Waals surface area contributed by atoms with Gasteiger partial charge in [-0.25, -0.2) is 4.98 Å². The van der Waals surface area contributed by atoms with Crippen molar-refractivity contribution in [1.29, 1.82) is 0 Å². The van der Waals surface area contributed by atoms with Crippen LogP contribution in [-0.4, -0.2) is 46.6 Å². The molecule has 1 aromatic rings. The monoisotopic (exact) mass is 311 g/mol. The van der Waals surface area contributed by atoms with Crippen molar-refractivity contribution in [3.05, 3.63) is 22.8 Å². The molecule has 2 N–H and O–H groups in total. The van der Waals surface area contributed by atoms with Crippen LogP contribution in [0, 0.1) is 5.92 Å². The molecule has 5 nitrogen and oxygen atoms in total. The average molecular weight is 312 g/mol. The molecule has 1 fully saturated rings. The molecule has 2 rings (SSSR count). The van der Waals surface area contributed by atoms with E-state index in [0.717, 1.165) is 13.0 Å². The Balaban J connectivity index is 2.13. The first-order chi connectivity index (χ1) is 10.0. The summed E-state index contributed by atoms with van der Waals surface area (Å²) in [5, 5.41) is 13.2. The van der Waals surface area contributed by atoms with Crippen LogP contribution in [0.25, 0.3) is 0 Å². The quantitative estimate of drug-likeness (QED) is 0.838. The normalized spacial score (nSPS) is 22.2. The number of hydrogen-bond donors (Lipinski definition) is 2. The van der Waals surface area contributed by atoms with Crippen LogP contribution < -0.4 is 5.32 Å². The lowest BCUT2D eigenvalue weighted by atomic mass is 9.96. The SMILES string of the molecule is CCCNc1cc(C(=O)N2CCC(O)C(C)C2)cc(Cl)n1. The molecule has 0 spiro atoms. The zero-order valence-electron chi connectivity index (χ0n) is 12.5. The predicted octanol–water partition coefficient (Wildman–Crippen LogP) is 2.40. The molecule has 6 heteroatoms. The first kappa shape index (κ1) is 16.0. The van der Waals surface area contributed by atoms with Gasteiger partial charge in [-0.1, -0.05) is 25.4 Å². The number of hydrogen-bond acceptors (Lipinski definition) is 4. The van der Waals surface area contributed by atoms with Crippen LogP contribution in [0.15, 0.2) is 12.1 Å². The minimum Gasteiger partial charge on any atom is -0.393 e. The van der Waals surface area contributed by atoms with Crippen LogP contribution in [-0.2, 0) is 0 Å². The van der Waals surface area contributed by atoms with E-state index in [2.05, 4.69) is 17.2 Å². The van der Waals surface area contributed by atoms with Gasteiger partial charge in [0.05, 0.1) is 6.10 Å². The smallest absolute Gasteiger partial charge is 0.254 e. The van der Waals surface area contributed by atoms with Gasteiger partial charge in [-0.05, 0) is 30.9 Å². The Hall–Kier alpha value is -1.33. The molecule has 1 amide bonds. The van der Waals surface area contributed by atoms with Gasteiger partial charge in [0, 0.05) is 25.2 Å². The van der Waals surface area contributed by atoms with Crippen molar-refractivity contribution in [1.82, 2.24) is 9.88 Å². The van der Waals surface area contributed by atoms with Gasteiger partial charge in [0.1, 0.15) is 11.0 Å². The number of halogens is 1. The van der Waals surface area contributed by atoms with Crippen molar-refractivity contribution < 1.29 is 9.90 Å². The molecule has 1 aromatic heterocycles. The molecule has 0 aromatic carbocycles. The minimum absolute atomic E-state index is 0.0578. The highest BCUT2D eigenvalue weighted by Crippen LogP contribution is 2.21. The van der Waals surface area contributed by atoms with Crippen molar-refractivity contribution in [3.63, 3.8) is 0 Å². The molecule has 2 heterocycles. The lowest BCUT2D eigenvalue weighted by Crippen LogP contribution is -2.45. The maximum absolute atomic E-state index is 12.6. The summed E-state index contributed by atoms with van der Waals surface area (Å²) < 4.78 is 0. The third kappa shape index (κ3) is 4.08. The summed E-state index contributed by atoms with van der Waals surface area (Å²) in [5.74, 6) is 0.660. The molecule has 0 radical (unpaired) electrons. The van der Waals surface area contributed by atoms with E-state index in [9.17, 15) is 9.90 Å². The van der Waals surface area contributed by atoms with E-state index in [0.29, 0.717) is 36.0 Å². The topological polar surface area (TPSA) is 65.5 Å². The molecule has 0 bridgehead atoms. The number of pyridine rings is 1. The number of amides is 1. The van der Waals surface area contributed by atoms with Crippen LogP contribution in [0.2, 0.25) is 5.15 Å². The second kappa shape index (κ2) is 7.09. The second-order valence-electron chi connectivity index (χ2n) is 5.58. The fourth-order valence-corrected chi connectivity index (χ4v) is 2.67. The minimum atomic E-state index is -0.322. The number of nitrogens with one attached hydrogen (secondary N) is 1. The molecule has 1 saturated heterocycles. The number of piperidine rings is 1. The maximum Gasteiger partial charge on any atom is 0.254 e. The van der Waals surface area contributed by atoms with Gasteiger partial charge in [0.2, 0.25) is 0 Å². The van der Waals surface area contributed by atoms with Crippen molar-refractivity contribution in [3.8, 4) is 0 Å². The van der Waals surface area contributed by atoms with Crippen LogP contribution in [0.1, 0.15) is 37.0 Å². The fraction of sp³-hybridized carbons (Fsp3) is 0.600. The number of carbonyl (C=O) groups excluding carboxylic acids is 1. The van der Waals surface area contributed by atoms with Gasteiger partial charge in [-0.3, -0.25) is 4.79 Å². The van der Waals surface area contributed by atoms with E-state index < -0.39 is 0 Å². The largest absolute Gasteiger partial charge is 0.393 e. The number of rotatable bonds is 4. The van der Waals surface area contributed by atoms with Gasteiger partial charge in [0.15, 0.2) is 0 Å². The number of carbonyl (C=O) groups is 1. The summed E-state index contributed by atoms with van der Waals surface area (Å²) in [7, 11) is 0. The molecule has 2 atom stereocenters. The van der Waals surface area contributed by atoms with Crippen molar-refractivity contribution >= 4 is 23.3 Å². The first-order valence-electron chi connectivity index (χ1n) is 7.40. The summed E-state index contributed by atoms with van der Waals surface area (Å²) in [6, 6.07) is 3.33. The molecule has 1 aliphatic rings. The summed E-state index contributed by atoms with van der Waals surface area (Å²) in [6.07, 6.45) is 1.27. The van der Waals surface area contributed by atoms with Gasteiger partial charge >= 0.3 is 0 Å². The average Bonchev–Trinajstić information content (AvgIpc) is 2.46. The highest BCUT2D eigenvalue weighted by Gasteiger charge is 2.28. The van der Waals surface area contributed by atoms with Gasteiger partial charge in [-0.2, -0.15) is 0 Å². The number of likely N-dealkylation sites (tertiary alicyclic amines) is 1. The van der Waals surface area contributed by atoms with E-state index >= 15 is 0 Å². The molecular weight excluding hydrogens is 290 g/mol. The van der Waals surface area contributed by atoms with Gasteiger partial charge in [0.25, 0.3) is 5.91 Å². The Morgan fingerprint density at radius 2 is 2.33 bits per heavy atom. The van der Waals surface area contributed by atoms with E-state index in [1.807, 2.05) is 6.92 Å². The molecule has 21 heavy (non-hydrogen) atoms. The van der Waals surface area contributed by atoms with Crippen LogP contribution in [0.5, 0.6) is 0 Å². The number of aliphatic hydroxyl groups excluding tert-OH is 1. The first-order valence-corrected chi connectivity index (χ1v) is 7.78. The maximum atomic E-state index is 12.6. The third-order valence-corrected chi connectivity index (χ3v) is 3.94. The zero-order chi connectivity index (χ0) is 15.4. The molecule has 2 unspecified atom stereocenters. The summed E-state index contributed by atoms with van der Waals surface area (Å²) in [6.45, 7) is 5.94. The number of aromatic nitrogens is 1. The van der Waals surface area contributed by atoms with E-state index in [1.54, 1.807) is 17.0 Å². The van der Waals surface area contributed by atoms with Crippen LogP contribution >= 0.6 is 11.6 Å². The Kier molecular flexibility index (Phi) is 5.42. The van der Waals surface area contributed by atoms with Gasteiger partial charge in [-0.15, -0.1) is 0 Å². The summed E-state index contributed by atoms with van der Waals surface area (Å²) in [5.41, 5.74) is 0.539. The van der Waals surface area contributed by atoms with Crippen molar-refractivity contribution in [2.75, 3.05) is 25.0 Å². The zero-order valence-corrected chi connectivity index (χ0v) is 13.2. The third-order valence-electron chi connectivity index (χ3n) is 3.74. The van der Waals surface area contributed by atoms with Gasteiger partial charge < -0.3 is 15.3 Å². The second-order valence-corrected chi connectivity index (χ2v) is 5.96. The molecular formula is C15H22ClN3O2. The number of aliphatic hydroxyl groups is 1. The number of anilines is 1. The van der Waals surface area contributed by atoms with Crippen LogP contribution in [0.4, 0.5) is 5.82 Å². The van der Waals surface area contributed by atoms with Crippen molar-refractivity contribution in [2.45, 2.75) is 32.8 Å². The summed E-state index contributed by atoms with van der Waals surface area (Å²) in [4.78, 5) is 18.5. The fourth-order valence-electron chi connectivity index (χ4n) is 2.46. The Bertz CT molecular complexity index is 510. The lowest BCUT2D eigenvalue weighted by molar-refractivity contribution is 0.0297. The Morgan fingerprint density at radius 1 is 1.57 bits per heavy atom. The highest BCUT2D eigenvalue weighted by atomic mass is 35.5. The van der Waals surface area contributed by atoms with Crippen LogP contribution in [0.3, 0.4) is 0 Å². The van der Waals surface area contributed by atoms with E-state index in [-0.39, 0.29) is 17.9 Å². The molecule has 116 valence electrons. The molecule has 0 saturated carbocycles. The summed E-state index contributed by atoms with van der Waals surface area (Å²) >= 11 is 6.00. The predicted molar refractivity (Wildman–Crippen MR) is 83.7 cm³/mol. The van der Waals surface area contributed by atoms with Crippen molar-refractivity contribution in [2.24, 2.45) is 5.92 Å².